The number of hydrogen-bond donors (Lipinski definition) is 2. The average molecular weight is 536 g/mol. The lowest BCUT2D eigenvalue weighted by Crippen LogP contribution is -2.21. The minimum absolute atomic E-state index is 0.0416. The number of ether oxygens (including phenoxy) is 2. The molecule has 13 heteroatoms. The van der Waals surface area contributed by atoms with Crippen LogP contribution in [-0.4, -0.2) is 38.7 Å². The van der Waals surface area contributed by atoms with E-state index in [1.807, 2.05) is 0 Å². The maximum Gasteiger partial charge on any atom is 0.435 e. The van der Waals surface area contributed by atoms with Crippen molar-refractivity contribution in [3.8, 4) is 17.5 Å². The Morgan fingerprint density at radius 1 is 1.16 bits per heavy atom. The third-order valence-corrected chi connectivity index (χ3v) is 7.22. The predicted octanol–water partition coefficient (Wildman–Crippen LogP) is 5.34. The number of alkyl halides is 3. The van der Waals surface area contributed by atoms with E-state index in [-0.39, 0.29) is 27.6 Å². The van der Waals surface area contributed by atoms with E-state index < -0.39 is 44.5 Å². The monoisotopic (exact) mass is 535 g/mol. The van der Waals surface area contributed by atoms with Crippen LogP contribution in [0.25, 0.3) is 0 Å². The second-order valence-corrected chi connectivity index (χ2v) is 11.2. The minimum atomic E-state index is -4.87. The number of anilines is 1. The maximum atomic E-state index is 13.6. The van der Waals surface area contributed by atoms with Gasteiger partial charge in [-0.2, -0.15) is 13.2 Å². The predicted molar refractivity (Wildman–Crippen MR) is 129 cm³/mol. The van der Waals surface area contributed by atoms with Gasteiger partial charge in [0.05, 0.1) is 22.5 Å². The summed E-state index contributed by atoms with van der Waals surface area (Å²) < 4.78 is 71.6. The van der Waals surface area contributed by atoms with Crippen LogP contribution in [0.2, 0.25) is 0 Å². The Morgan fingerprint density at radius 2 is 1.86 bits per heavy atom. The Bertz CT molecular complexity index is 1490. The van der Waals surface area contributed by atoms with Crippen LogP contribution in [0, 0.1) is 11.7 Å². The highest BCUT2D eigenvalue weighted by Gasteiger charge is 2.41. The highest BCUT2D eigenvalue weighted by Crippen LogP contribution is 2.48. The second kappa shape index (κ2) is 9.29. The molecule has 0 bridgehead atoms. The number of benzene rings is 1. The zero-order chi connectivity index (χ0) is 27.2. The fourth-order valence-corrected chi connectivity index (χ4v) is 4.34. The summed E-state index contributed by atoms with van der Waals surface area (Å²) in [5.74, 6) is -1.33. The molecule has 0 spiro atoms. The number of pyridine rings is 1. The lowest BCUT2D eigenvalue weighted by atomic mass is 10.1. The molecule has 1 saturated carbocycles. The first-order chi connectivity index (χ1) is 17.2. The molecule has 2 aromatic heterocycles. The van der Waals surface area contributed by atoms with Crippen molar-refractivity contribution in [2.75, 3.05) is 18.7 Å². The lowest BCUT2D eigenvalue weighted by Gasteiger charge is -2.17. The van der Waals surface area contributed by atoms with Gasteiger partial charge in [0.1, 0.15) is 5.56 Å². The molecule has 2 heterocycles. The van der Waals surface area contributed by atoms with Crippen molar-refractivity contribution in [3.05, 3.63) is 58.9 Å². The van der Waals surface area contributed by atoms with Crippen molar-refractivity contribution in [2.24, 2.45) is 0 Å². The summed E-state index contributed by atoms with van der Waals surface area (Å²) in [6.07, 6.45) is -1.73. The summed E-state index contributed by atoms with van der Waals surface area (Å²) in [6.45, 7) is 3.14. The summed E-state index contributed by atoms with van der Waals surface area (Å²) >= 11 is 0. The van der Waals surface area contributed by atoms with Gasteiger partial charge >= 0.3 is 6.18 Å². The molecule has 2 N–H and O–H groups in total. The molecule has 4 rings (SSSR count). The van der Waals surface area contributed by atoms with Gasteiger partial charge in [0.25, 0.3) is 17.7 Å². The molecule has 1 aromatic carbocycles. The van der Waals surface area contributed by atoms with E-state index >= 15 is 0 Å². The number of halogens is 3. The van der Waals surface area contributed by atoms with Gasteiger partial charge in [0.15, 0.2) is 11.4 Å². The number of rotatable bonds is 7. The molecule has 196 valence electrons. The lowest BCUT2D eigenvalue weighted by molar-refractivity contribution is -0.142. The van der Waals surface area contributed by atoms with E-state index in [2.05, 4.69) is 27.4 Å². The van der Waals surface area contributed by atoms with E-state index in [4.69, 9.17) is 14.3 Å². The van der Waals surface area contributed by atoms with Crippen LogP contribution in [-0.2, 0) is 21.3 Å². The average Bonchev–Trinajstić information content (AvgIpc) is 3.56. The Labute approximate surface area is 211 Å². The van der Waals surface area contributed by atoms with Crippen LogP contribution >= 0.6 is 0 Å². The molecule has 1 aliphatic carbocycles. The van der Waals surface area contributed by atoms with Crippen LogP contribution in [0.1, 0.15) is 47.1 Å². The van der Waals surface area contributed by atoms with Gasteiger partial charge in [-0.3, -0.25) is 4.79 Å². The van der Waals surface area contributed by atoms with Crippen LogP contribution in [0.5, 0.6) is 17.5 Å². The summed E-state index contributed by atoms with van der Waals surface area (Å²) in [5, 5.41) is 9.30. The fourth-order valence-electron chi connectivity index (χ4n) is 3.65. The van der Waals surface area contributed by atoms with E-state index in [0.717, 1.165) is 25.5 Å². The zero-order valence-corrected chi connectivity index (χ0v) is 21.2. The molecule has 0 aliphatic heterocycles. The standard InChI is InChI=1S/C24H24F3N5O4S/c1-13-18(20(33)29-14-6-5-7-15(12-14)37(4,28)34)22(32-31-19(13)24(25,26)27)36-16-8-9-17(23(2)10-11-23)30-21(16)35-3/h5-9,12,28H,10-11H2,1-4H3,(H,29,33). The Balaban J connectivity index is 1.75. The highest BCUT2D eigenvalue weighted by atomic mass is 32.2. The molecule has 1 atom stereocenters. The molecule has 1 amide bonds. The Hall–Kier alpha value is -3.74. The van der Waals surface area contributed by atoms with Crippen LogP contribution in [0.15, 0.2) is 41.3 Å². The topological polar surface area (TPSA) is 127 Å². The van der Waals surface area contributed by atoms with Crippen molar-refractivity contribution in [2.45, 2.75) is 43.2 Å². The minimum Gasteiger partial charge on any atom is -0.478 e. The molecule has 1 aliphatic rings. The molecular formula is C24H24F3N5O4S. The number of hydrogen-bond acceptors (Lipinski definition) is 8. The number of aromatic nitrogens is 3. The molecule has 0 saturated heterocycles. The van der Waals surface area contributed by atoms with Crippen molar-refractivity contribution in [1.29, 1.82) is 4.78 Å². The SMILES string of the molecule is COc1nc(C2(C)CC2)ccc1Oc1nnc(C(F)(F)F)c(C)c1C(=O)Nc1cccc(S(C)(=N)=O)c1. The first-order valence-corrected chi connectivity index (χ1v) is 13.0. The van der Waals surface area contributed by atoms with Gasteiger partial charge in [0, 0.05) is 22.3 Å². The number of nitrogens with zero attached hydrogens (tertiary/aromatic N) is 3. The first kappa shape index (κ1) is 26.3. The van der Waals surface area contributed by atoms with Crippen LogP contribution < -0.4 is 14.8 Å². The van der Waals surface area contributed by atoms with E-state index in [1.54, 1.807) is 12.1 Å². The van der Waals surface area contributed by atoms with Gasteiger partial charge in [-0.1, -0.05) is 13.0 Å². The Kier molecular flexibility index (Phi) is 6.61. The maximum absolute atomic E-state index is 13.6. The molecule has 3 aromatic rings. The van der Waals surface area contributed by atoms with Gasteiger partial charge in [-0.25, -0.2) is 14.0 Å². The summed E-state index contributed by atoms with van der Waals surface area (Å²) in [6, 6.07) is 8.96. The third-order valence-electron chi connectivity index (χ3n) is 6.07. The normalized spacial score (nSPS) is 16.0. The number of amides is 1. The van der Waals surface area contributed by atoms with Crippen molar-refractivity contribution in [1.82, 2.24) is 15.2 Å². The van der Waals surface area contributed by atoms with E-state index in [9.17, 15) is 22.2 Å². The summed E-state index contributed by atoms with van der Waals surface area (Å²) in [5.41, 5.74) is -1.51. The molecular weight excluding hydrogens is 511 g/mol. The van der Waals surface area contributed by atoms with E-state index in [1.165, 1.54) is 37.6 Å². The molecule has 0 radical (unpaired) electrons. The quantitative estimate of drug-likeness (QED) is 0.418. The smallest absolute Gasteiger partial charge is 0.435 e. The van der Waals surface area contributed by atoms with Crippen molar-refractivity contribution in [3.63, 3.8) is 0 Å². The zero-order valence-electron chi connectivity index (χ0n) is 20.4. The van der Waals surface area contributed by atoms with Gasteiger partial charge in [0.2, 0.25) is 0 Å². The number of nitrogens with one attached hydrogen (secondary N) is 2. The number of carbonyl (C=O) groups excluding carboxylic acids is 1. The van der Waals surface area contributed by atoms with Crippen molar-refractivity contribution < 1.29 is 31.6 Å². The highest BCUT2D eigenvalue weighted by molar-refractivity contribution is 7.91. The second-order valence-electron chi connectivity index (χ2n) is 9.04. The van der Waals surface area contributed by atoms with Crippen LogP contribution in [0.3, 0.4) is 0 Å². The summed E-state index contributed by atoms with van der Waals surface area (Å²) in [4.78, 5) is 17.8. The van der Waals surface area contributed by atoms with Crippen LogP contribution in [0.4, 0.5) is 18.9 Å². The Morgan fingerprint density at radius 3 is 2.46 bits per heavy atom. The number of methoxy groups -OCH3 is 1. The van der Waals surface area contributed by atoms with Gasteiger partial charge in [-0.15, -0.1) is 10.2 Å². The largest absolute Gasteiger partial charge is 0.478 e. The van der Waals surface area contributed by atoms with Crippen molar-refractivity contribution >= 4 is 21.3 Å². The first-order valence-electron chi connectivity index (χ1n) is 11.1. The fraction of sp³-hybridized carbons (Fsp3) is 0.333. The molecule has 9 nitrogen and oxygen atoms in total. The van der Waals surface area contributed by atoms with Gasteiger partial charge < -0.3 is 14.8 Å². The van der Waals surface area contributed by atoms with E-state index in [0.29, 0.717) is 0 Å². The molecule has 37 heavy (non-hydrogen) atoms. The third kappa shape index (κ3) is 5.50. The molecule has 1 unspecified atom stereocenters. The molecule has 1 fully saturated rings. The van der Waals surface area contributed by atoms with Gasteiger partial charge in [-0.05, 0) is 55.7 Å². The number of carbonyl (C=O) groups is 1. The summed E-state index contributed by atoms with van der Waals surface area (Å²) in [7, 11) is -1.72.